The van der Waals surface area contributed by atoms with Crippen molar-refractivity contribution in [1.82, 2.24) is 9.29 Å². The van der Waals surface area contributed by atoms with Crippen molar-refractivity contribution in [3.8, 4) is 0 Å². The number of carbonyl (C=O) groups excluding carboxylic acids is 1. The Morgan fingerprint density at radius 3 is 2.84 bits per heavy atom. The quantitative estimate of drug-likeness (QED) is 0.623. The molecule has 2 heterocycles. The summed E-state index contributed by atoms with van der Waals surface area (Å²) in [7, 11) is -3.48. The number of hydrogen-bond donors (Lipinski definition) is 0. The Morgan fingerprint density at radius 2 is 2.32 bits per heavy atom. The molecular weight excluding hydrogens is 286 g/mol. The molecule has 0 spiro atoms. The SMILES string of the molecule is Cc1ncc(S(=O)(=O)N2CCC(N=C=O)CC2C)s1. The minimum absolute atomic E-state index is 0.123. The van der Waals surface area contributed by atoms with Gasteiger partial charge in [-0.3, -0.25) is 0 Å². The Hall–Kier alpha value is -1.08. The number of aryl methyl sites for hydroxylation is 1. The molecule has 0 amide bonds. The number of nitrogens with zero attached hydrogens (tertiary/aromatic N) is 3. The molecule has 104 valence electrons. The highest BCUT2D eigenvalue weighted by molar-refractivity contribution is 7.91. The van der Waals surface area contributed by atoms with E-state index in [-0.39, 0.29) is 16.3 Å². The molecule has 0 saturated carbocycles. The summed E-state index contributed by atoms with van der Waals surface area (Å²) in [6, 6.07) is -0.301. The molecule has 1 fully saturated rings. The first-order valence-electron chi connectivity index (χ1n) is 5.96. The van der Waals surface area contributed by atoms with Crippen LogP contribution in [0.2, 0.25) is 0 Å². The normalized spacial score (nSPS) is 24.9. The number of thiazole rings is 1. The van der Waals surface area contributed by atoms with Crippen molar-refractivity contribution in [2.24, 2.45) is 4.99 Å². The summed E-state index contributed by atoms with van der Waals surface area (Å²) < 4.78 is 26.7. The lowest BCUT2D eigenvalue weighted by Crippen LogP contribution is -2.45. The van der Waals surface area contributed by atoms with Gasteiger partial charge in [0.2, 0.25) is 6.08 Å². The molecular formula is C11H15N3O3S2. The molecule has 1 aliphatic heterocycles. The second-order valence-electron chi connectivity index (χ2n) is 4.56. The highest BCUT2D eigenvalue weighted by atomic mass is 32.2. The van der Waals surface area contributed by atoms with Gasteiger partial charge >= 0.3 is 0 Å². The number of hydrogen-bond acceptors (Lipinski definition) is 6. The zero-order valence-corrected chi connectivity index (χ0v) is 12.4. The molecule has 1 aliphatic rings. The Labute approximate surface area is 116 Å². The molecule has 2 atom stereocenters. The maximum atomic E-state index is 12.5. The van der Waals surface area contributed by atoms with Crippen molar-refractivity contribution in [3.05, 3.63) is 11.2 Å². The number of sulfonamides is 1. The van der Waals surface area contributed by atoms with Crippen LogP contribution in [0.5, 0.6) is 0 Å². The minimum Gasteiger partial charge on any atom is -0.249 e. The summed E-state index contributed by atoms with van der Waals surface area (Å²) >= 11 is 1.17. The molecule has 2 rings (SSSR count). The second kappa shape index (κ2) is 5.50. The van der Waals surface area contributed by atoms with Gasteiger partial charge in [0.05, 0.1) is 17.2 Å². The fourth-order valence-corrected chi connectivity index (χ4v) is 5.15. The Morgan fingerprint density at radius 1 is 1.58 bits per heavy atom. The fraction of sp³-hybridized carbons (Fsp3) is 0.636. The maximum Gasteiger partial charge on any atom is 0.254 e. The summed E-state index contributed by atoms with van der Waals surface area (Å²) in [5.74, 6) is 0. The molecule has 0 aliphatic carbocycles. The van der Waals surface area contributed by atoms with Gasteiger partial charge in [0.15, 0.2) is 4.21 Å². The number of aliphatic imine (C=N–C) groups is 1. The van der Waals surface area contributed by atoms with Crippen LogP contribution in [0.25, 0.3) is 0 Å². The first-order valence-corrected chi connectivity index (χ1v) is 8.22. The first-order chi connectivity index (χ1) is 8.95. The average Bonchev–Trinajstić information content (AvgIpc) is 2.77. The minimum atomic E-state index is -3.48. The predicted octanol–water partition coefficient (Wildman–Crippen LogP) is 1.33. The van der Waals surface area contributed by atoms with Gasteiger partial charge in [0, 0.05) is 12.6 Å². The van der Waals surface area contributed by atoms with E-state index in [1.54, 1.807) is 13.0 Å². The molecule has 1 aromatic rings. The summed E-state index contributed by atoms with van der Waals surface area (Å²) in [6.45, 7) is 3.98. The van der Waals surface area contributed by atoms with Crippen LogP contribution in [-0.4, -0.2) is 42.4 Å². The standard InChI is InChI=1S/C11H15N3O3S2/c1-8-5-10(13-7-15)3-4-14(8)19(16,17)11-6-12-9(2)18-11/h6,8,10H,3-5H2,1-2H3. The van der Waals surface area contributed by atoms with E-state index in [1.807, 2.05) is 6.92 Å². The molecule has 0 bridgehead atoms. The van der Waals surface area contributed by atoms with Crippen molar-refractivity contribution >= 4 is 27.4 Å². The van der Waals surface area contributed by atoms with E-state index in [1.165, 1.54) is 21.8 Å². The van der Waals surface area contributed by atoms with Crippen LogP contribution >= 0.6 is 11.3 Å². The van der Waals surface area contributed by atoms with Crippen LogP contribution in [0.3, 0.4) is 0 Å². The van der Waals surface area contributed by atoms with E-state index >= 15 is 0 Å². The Kier molecular flexibility index (Phi) is 4.15. The van der Waals surface area contributed by atoms with Crippen LogP contribution in [-0.2, 0) is 14.8 Å². The molecule has 1 saturated heterocycles. The third kappa shape index (κ3) is 2.92. The van der Waals surface area contributed by atoms with Gasteiger partial charge in [-0.25, -0.2) is 23.2 Å². The molecule has 6 nitrogen and oxygen atoms in total. The largest absolute Gasteiger partial charge is 0.254 e. The average molecular weight is 301 g/mol. The van der Waals surface area contributed by atoms with Gasteiger partial charge in [0.25, 0.3) is 10.0 Å². The van der Waals surface area contributed by atoms with Gasteiger partial charge in [-0.1, -0.05) is 0 Å². The summed E-state index contributed by atoms with van der Waals surface area (Å²) in [4.78, 5) is 17.9. The highest BCUT2D eigenvalue weighted by Crippen LogP contribution is 2.29. The van der Waals surface area contributed by atoms with E-state index in [0.717, 1.165) is 5.01 Å². The smallest absolute Gasteiger partial charge is 0.249 e. The molecule has 0 aromatic carbocycles. The van der Waals surface area contributed by atoms with E-state index < -0.39 is 10.0 Å². The lowest BCUT2D eigenvalue weighted by molar-refractivity contribution is 0.248. The Balaban J connectivity index is 2.21. The van der Waals surface area contributed by atoms with Crippen LogP contribution in [0.4, 0.5) is 0 Å². The van der Waals surface area contributed by atoms with Crippen LogP contribution in [0.15, 0.2) is 15.4 Å². The van der Waals surface area contributed by atoms with Crippen LogP contribution < -0.4 is 0 Å². The van der Waals surface area contributed by atoms with Crippen LogP contribution in [0.1, 0.15) is 24.8 Å². The zero-order chi connectivity index (χ0) is 14.0. The van der Waals surface area contributed by atoms with Crippen molar-refractivity contribution in [2.45, 2.75) is 43.0 Å². The second-order valence-corrected chi connectivity index (χ2v) is 7.91. The zero-order valence-electron chi connectivity index (χ0n) is 10.7. The van der Waals surface area contributed by atoms with Gasteiger partial charge in [0.1, 0.15) is 0 Å². The number of piperidine rings is 1. The van der Waals surface area contributed by atoms with Crippen molar-refractivity contribution in [1.29, 1.82) is 0 Å². The van der Waals surface area contributed by atoms with Gasteiger partial charge in [-0.2, -0.15) is 4.31 Å². The molecule has 0 N–H and O–H groups in total. The topological polar surface area (TPSA) is 79.7 Å². The fourth-order valence-electron chi connectivity index (χ4n) is 2.25. The molecule has 0 radical (unpaired) electrons. The number of isocyanates is 1. The van der Waals surface area contributed by atoms with E-state index in [0.29, 0.717) is 19.4 Å². The van der Waals surface area contributed by atoms with Crippen LogP contribution in [0, 0.1) is 6.92 Å². The van der Waals surface area contributed by atoms with Gasteiger partial charge in [-0.15, -0.1) is 11.3 Å². The number of aromatic nitrogens is 1. The van der Waals surface area contributed by atoms with E-state index in [9.17, 15) is 13.2 Å². The van der Waals surface area contributed by atoms with E-state index in [2.05, 4.69) is 9.98 Å². The number of rotatable bonds is 3. The molecule has 8 heteroatoms. The van der Waals surface area contributed by atoms with Crippen molar-refractivity contribution < 1.29 is 13.2 Å². The third-order valence-electron chi connectivity index (χ3n) is 3.19. The predicted molar refractivity (Wildman–Crippen MR) is 71.3 cm³/mol. The van der Waals surface area contributed by atoms with Gasteiger partial charge < -0.3 is 0 Å². The lowest BCUT2D eigenvalue weighted by atomic mass is 10.0. The summed E-state index contributed by atoms with van der Waals surface area (Å²) in [5, 5.41) is 0.728. The molecule has 1 aromatic heterocycles. The lowest BCUT2D eigenvalue weighted by Gasteiger charge is -2.34. The van der Waals surface area contributed by atoms with Gasteiger partial charge in [-0.05, 0) is 26.7 Å². The monoisotopic (exact) mass is 301 g/mol. The molecule has 19 heavy (non-hydrogen) atoms. The van der Waals surface area contributed by atoms with Crippen molar-refractivity contribution in [3.63, 3.8) is 0 Å². The summed E-state index contributed by atoms with van der Waals surface area (Å²) in [6.07, 6.45) is 4.05. The summed E-state index contributed by atoms with van der Waals surface area (Å²) in [5.41, 5.74) is 0. The first kappa shape index (κ1) is 14.3. The highest BCUT2D eigenvalue weighted by Gasteiger charge is 2.35. The van der Waals surface area contributed by atoms with Crippen molar-refractivity contribution in [2.75, 3.05) is 6.54 Å². The molecule has 2 unspecified atom stereocenters. The Bertz CT molecular complexity index is 604. The van der Waals surface area contributed by atoms with E-state index in [4.69, 9.17) is 0 Å². The maximum absolute atomic E-state index is 12.5. The third-order valence-corrected chi connectivity index (χ3v) is 6.55.